The van der Waals surface area contributed by atoms with Gasteiger partial charge in [-0.2, -0.15) is 11.8 Å². The summed E-state index contributed by atoms with van der Waals surface area (Å²) in [7, 11) is 0. The van der Waals surface area contributed by atoms with Crippen LogP contribution in [0.5, 0.6) is 0 Å². The first-order valence-electron chi connectivity index (χ1n) is 8.46. The number of benzene rings is 1. The minimum Gasteiger partial charge on any atom is -0.372 e. The molecule has 2 rings (SSSR count). The van der Waals surface area contributed by atoms with Gasteiger partial charge in [-0.1, -0.05) is 43.7 Å². The summed E-state index contributed by atoms with van der Waals surface area (Å²) in [4.78, 5) is 12.5. The van der Waals surface area contributed by atoms with Gasteiger partial charge in [-0.15, -0.1) is 0 Å². The Kier molecular flexibility index (Phi) is 7.92. The zero-order valence-corrected chi connectivity index (χ0v) is 14.9. The van der Waals surface area contributed by atoms with Crippen LogP contribution in [0, 0.1) is 0 Å². The fourth-order valence-corrected chi connectivity index (χ4v) is 3.46. The third-order valence-corrected chi connectivity index (χ3v) is 4.92. The molecule has 5 heteroatoms. The minimum atomic E-state index is -0.160. The Morgan fingerprint density at radius 1 is 1.39 bits per heavy atom. The molecule has 0 saturated carbocycles. The van der Waals surface area contributed by atoms with Crippen LogP contribution >= 0.6 is 11.8 Å². The van der Waals surface area contributed by atoms with Crippen molar-refractivity contribution in [2.45, 2.75) is 50.6 Å². The first-order chi connectivity index (χ1) is 11.2. The van der Waals surface area contributed by atoms with E-state index in [1.54, 1.807) is 11.8 Å². The molecule has 0 bridgehead atoms. The second-order valence-corrected chi connectivity index (χ2v) is 7.15. The first-order valence-corrected chi connectivity index (χ1v) is 9.61. The van der Waals surface area contributed by atoms with E-state index in [2.05, 4.69) is 48.7 Å². The predicted molar refractivity (Wildman–Crippen MR) is 96.6 cm³/mol. The average Bonchev–Trinajstić information content (AvgIpc) is 3.36. The van der Waals surface area contributed by atoms with Crippen LogP contribution in [0.15, 0.2) is 30.3 Å². The lowest BCUT2D eigenvalue weighted by Crippen LogP contribution is -2.49. The number of nitrogens with one attached hydrogen (secondary N) is 2. The lowest BCUT2D eigenvalue weighted by molar-refractivity contribution is -0.123. The standard InChI is InChI=1S/C18H28N2O2S/c1-3-7-14(2)20-18(21)17(19-10-16-11-22-16)13-23-12-15-8-5-4-6-9-15/h4-6,8-9,14,16-17,19H,3,7,10-13H2,1-2H3,(H,20,21). The molecular weight excluding hydrogens is 308 g/mol. The van der Waals surface area contributed by atoms with Crippen molar-refractivity contribution in [3.05, 3.63) is 35.9 Å². The van der Waals surface area contributed by atoms with Crippen molar-refractivity contribution in [2.75, 3.05) is 18.9 Å². The van der Waals surface area contributed by atoms with E-state index in [-0.39, 0.29) is 24.1 Å². The monoisotopic (exact) mass is 336 g/mol. The lowest BCUT2D eigenvalue weighted by atomic mass is 10.2. The van der Waals surface area contributed by atoms with Gasteiger partial charge in [0.15, 0.2) is 0 Å². The molecule has 0 aliphatic carbocycles. The number of carbonyl (C=O) groups excluding carboxylic acids is 1. The molecule has 0 radical (unpaired) electrons. The molecule has 3 unspecified atom stereocenters. The second-order valence-electron chi connectivity index (χ2n) is 6.12. The van der Waals surface area contributed by atoms with Crippen molar-refractivity contribution in [2.24, 2.45) is 0 Å². The van der Waals surface area contributed by atoms with Crippen molar-refractivity contribution >= 4 is 17.7 Å². The largest absolute Gasteiger partial charge is 0.372 e. The molecule has 1 amide bonds. The Morgan fingerprint density at radius 2 is 2.13 bits per heavy atom. The average molecular weight is 337 g/mol. The summed E-state index contributed by atoms with van der Waals surface area (Å²) in [6.45, 7) is 5.77. The van der Waals surface area contributed by atoms with Gasteiger partial charge in [-0.3, -0.25) is 4.79 Å². The van der Waals surface area contributed by atoms with Crippen LogP contribution in [0.2, 0.25) is 0 Å². The Labute approximate surface area is 143 Å². The van der Waals surface area contributed by atoms with Crippen molar-refractivity contribution in [1.29, 1.82) is 0 Å². The number of amides is 1. The summed E-state index contributed by atoms with van der Waals surface area (Å²) in [6, 6.07) is 10.4. The quantitative estimate of drug-likeness (QED) is 0.610. The van der Waals surface area contributed by atoms with Crippen LogP contribution in [0.3, 0.4) is 0 Å². The van der Waals surface area contributed by atoms with Crippen molar-refractivity contribution < 1.29 is 9.53 Å². The molecule has 1 aliphatic rings. The van der Waals surface area contributed by atoms with E-state index in [1.807, 2.05) is 6.07 Å². The smallest absolute Gasteiger partial charge is 0.238 e. The number of thioether (sulfide) groups is 1. The summed E-state index contributed by atoms with van der Waals surface area (Å²) >= 11 is 1.79. The molecule has 23 heavy (non-hydrogen) atoms. The summed E-state index contributed by atoms with van der Waals surface area (Å²) in [6.07, 6.45) is 2.39. The molecule has 1 saturated heterocycles. The molecule has 4 nitrogen and oxygen atoms in total. The normalized spacial score (nSPS) is 19.1. The van der Waals surface area contributed by atoms with Crippen molar-refractivity contribution in [3.8, 4) is 0 Å². The van der Waals surface area contributed by atoms with Gasteiger partial charge in [0.05, 0.1) is 18.8 Å². The van der Waals surface area contributed by atoms with E-state index >= 15 is 0 Å². The van der Waals surface area contributed by atoms with Gasteiger partial charge < -0.3 is 15.4 Å². The van der Waals surface area contributed by atoms with Crippen LogP contribution in [0.25, 0.3) is 0 Å². The fourth-order valence-electron chi connectivity index (χ4n) is 2.40. The van der Waals surface area contributed by atoms with Crippen LogP contribution in [-0.2, 0) is 15.3 Å². The van der Waals surface area contributed by atoms with Gasteiger partial charge in [0.25, 0.3) is 0 Å². The van der Waals surface area contributed by atoms with Crippen LogP contribution in [0.1, 0.15) is 32.3 Å². The van der Waals surface area contributed by atoms with Crippen LogP contribution < -0.4 is 10.6 Å². The van der Waals surface area contributed by atoms with Crippen LogP contribution in [0.4, 0.5) is 0 Å². The summed E-state index contributed by atoms with van der Waals surface area (Å²) in [5.41, 5.74) is 1.29. The van der Waals surface area contributed by atoms with E-state index in [4.69, 9.17) is 4.74 Å². The molecule has 0 spiro atoms. The van der Waals surface area contributed by atoms with Gasteiger partial charge in [0.2, 0.25) is 5.91 Å². The maximum Gasteiger partial charge on any atom is 0.238 e. The number of hydrogen-bond acceptors (Lipinski definition) is 4. The number of epoxide rings is 1. The summed E-state index contributed by atoms with van der Waals surface area (Å²) < 4.78 is 5.23. The molecule has 3 atom stereocenters. The Bertz CT molecular complexity index is 465. The third-order valence-electron chi connectivity index (χ3n) is 3.82. The maximum absolute atomic E-state index is 12.5. The highest BCUT2D eigenvalue weighted by atomic mass is 32.2. The SMILES string of the molecule is CCCC(C)NC(=O)C(CSCc1ccccc1)NCC1CO1. The Balaban J connectivity index is 1.78. The molecule has 128 valence electrons. The molecular formula is C18H28N2O2S. The van der Waals surface area contributed by atoms with E-state index in [9.17, 15) is 4.79 Å². The maximum atomic E-state index is 12.5. The summed E-state index contributed by atoms with van der Waals surface area (Å²) in [5, 5.41) is 6.48. The zero-order valence-electron chi connectivity index (χ0n) is 14.1. The first kappa shape index (κ1) is 18.3. The number of carbonyl (C=O) groups is 1. The van der Waals surface area contributed by atoms with E-state index in [0.717, 1.165) is 37.5 Å². The highest BCUT2D eigenvalue weighted by molar-refractivity contribution is 7.98. The van der Waals surface area contributed by atoms with E-state index in [1.165, 1.54) is 5.56 Å². The third kappa shape index (κ3) is 7.38. The number of ether oxygens (including phenoxy) is 1. The van der Waals surface area contributed by atoms with Crippen LogP contribution in [-0.4, -0.2) is 43.0 Å². The molecule has 1 fully saturated rings. The minimum absolute atomic E-state index is 0.104. The van der Waals surface area contributed by atoms with Crippen molar-refractivity contribution in [3.63, 3.8) is 0 Å². The molecule has 1 aromatic rings. The second kappa shape index (κ2) is 9.96. The molecule has 0 aromatic heterocycles. The molecule has 1 aliphatic heterocycles. The summed E-state index contributed by atoms with van der Waals surface area (Å²) in [5.74, 6) is 1.80. The topological polar surface area (TPSA) is 53.7 Å². The number of rotatable bonds is 11. The number of hydrogen-bond donors (Lipinski definition) is 2. The van der Waals surface area contributed by atoms with Gasteiger partial charge in [-0.25, -0.2) is 0 Å². The predicted octanol–water partition coefficient (Wildman–Crippen LogP) is 2.58. The van der Waals surface area contributed by atoms with Gasteiger partial charge in [0.1, 0.15) is 0 Å². The Morgan fingerprint density at radius 3 is 2.78 bits per heavy atom. The zero-order chi connectivity index (χ0) is 16.5. The highest BCUT2D eigenvalue weighted by Gasteiger charge is 2.26. The molecule has 1 heterocycles. The molecule has 1 aromatic carbocycles. The lowest BCUT2D eigenvalue weighted by Gasteiger charge is -2.21. The van der Waals surface area contributed by atoms with E-state index in [0.29, 0.717) is 0 Å². The fraction of sp³-hybridized carbons (Fsp3) is 0.611. The molecule has 2 N–H and O–H groups in total. The van der Waals surface area contributed by atoms with Gasteiger partial charge in [-0.05, 0) is 18.9 Å². The Hall–Kier alpha value is -1.04. The van der Waals surface area contributed by atoms with E-state index < -0.39 is 0 Å². The van der Waals surface area contributed by atoms with Gasteiger partial charge in [0, 0.05) is 24.1 Å². The highest BCUT2D eigenvalue weighted by Crippen LogP contribution is 2.14. The van der Waals surface area contributed by atoms with Crippen molar-refractivity contribution in [1.82, 2.24) is 10.6 Å². The van der Waals surface area contributed by atoms with Gasteiger partial charge >= 0.3 is 0 Å².